The van der Waals surface area contributed by atoms with E-state index in [1.165, 1.54) is 4.90 Å². The lowest BCUT2D eigenvalue weighted by atomic mass is 9.90. The molecule has 0 aromatic heterocycles. The second kappa shape index (κ2) is 7.48. The average Bonchev–Trinajstić information content (AvgIpc) is 2.72. The lowest BCUT2D eigenvalue weighted by Crippen LogP contribution is -2.40. The van der Waals surface area contributed by atoms with E-state index in [0.29, 0.717) is 15.6 Å². The summed E-state index contributed by atoms with van der Waals surface area (Å²) in [5.74, 6) is -0.462. The maximum Gasteiger partial charge on any atom is 0.407 e. The van der Waals surface area contributed by atoms with Crippen molar-refractivity contribution in [2.75, 3.05) is 26.3 Å². The standard InChI is InChI=1S/C14H17Cl2NO5/c15-10-2-1-8(5-11(10)16)9-6-17(14(20)21)3-4-22-13(9)12(19)7-18/h1-2,5,9,12-13,18-19H,3-4,6-7H2,(H,20,21)/t9-,12+,13+/m0/s1. The Morgan fingerprint density at radius 2 is 2.14 bits per heavy atom. The Hall–Kier alpha value is -1.05. The number of aliphatic hydroxyl groups is 2. The Balaban J connectivity index is 2.36. The van der Waals surface area contributed by atoms with Gasteiger partial charge in [-0.3, -0.25) is 0 Å². The summed E-state index contributed by atoms with van der Waals surface area (Å²) >= 11 is 11.9. The molecule has 1 amide bonds. The van der Waals surface area contributed by atoms with Gasteiger partial charge in [0.25, 0.3) is 0 Å². The second-order valence-corrected chi connectivity index (χ2v) is 5.91. The minimum Gasteiger partial charge on any atom is -0.465 e. The van der Waals surface area contributed by atoms with Crippen LogP contribution in [0.2, 0.25) is 10.0 Å². The maximum absolute atomic E-state index is 11.3. The molecule has 0 aliphatic carbocycles. The number of hydrogen-bond acceptors (Lipinski definition) is 4. The van der Waals surface area contributed by atoms with Gasteiger partial charge in [-0.2, -0.15) is 0 Å². The summed E-state index contributed by atoms with van der Waals surface area (Å²) in [4.78, 5) is 12.5. The van der Waals surface area contributed by atoms with Crippen LogP contribution in [0.4, 0.5) is 4.79 Å². The number of rotatable bonds is 3. The fourth-order valence-corrected chi connectivity index (χ4v) is 2.85. The molecule has 3 N–H and O–H groups in total. The molecule has 1 fully saturated rings. The molecule has 0 bridgehead atoms. The van der Waals surface area contributed by atoms with Crippen LogP contribution in [0.15, 0.2) is 18.2 Å². The molecule has 1 aromatic carbocycles. The molecule has 3 atom stereocenters. The number of halogens is 2. The van der Waals surface area contributed by atoms with Crippen LogP contribution >= 0.6 is 23.2 Å². The molecule has 1 saturated heterocycles. The number of carboxylic acid groups (broad SMARTS) is 1. The third-order valence-corrected chi connectivity index (χ3v) is 4.43. The molecular formula is C14H17Cl2NO5. The normalized spacial score (nSPS) is 23.9. The van der Waals surface area contributed by atoms with Gasteiger partial charge in [0.15, 0.2) is 0 Å². The first-order chi connectivity index (χ1) is 10.4. The van der Waals surface area contributed by atoms with Crippen LogP contribution < -0.4 is 0 Å². The predicted molar refractivity (Wildman–Crippen MR) is 81.6 cm³/mol. The van der Waals surface area contributed by atoms with Gasteiger partial charge in [-0.15, -0.1) is 0 Å². The summed E-state index contributed by atoms with van der Waals surface area (Å²) in [5.41, 5.74) is 0.694. The van der Waals surface area contributed by atoms with Crippen molar-refractivity contribution in [2.24, 2.45) is 0 Å². The Morgan fingerprint density at radius 3 is 2.73 bits per heavy atom. The lowest BCUT2D eigenvalue weighted by molar-refractivity contribution is -0.0610. The SMILES string of the molecule is O=C(O)N1CCO[C@@H]([C@H](O)CO)[C@H](c2ccc(Cl)c(Cl)c2)C1. The summed E-state index contributed by atoms with van der Waals surface area (Å²) in [6.07, 6.45) is -2.91. The molecule has 1 aromatic rings. The molecule has 0 radical (unpaired) electrons. The van der Waals surface area contributed by atoms with Crippen molar-refractivity contribution < 1.29 is 24.9 Å². The molecule has 1 heterocycles. The highest BCUT2D eigenvalue weighted by molar-refractivity contribution is 6.42. The van der Waals surface area contributed by atoms with Gasteiger partial charge in [0.1, 0.15) is 6.10 Å². The van der Waals surface area contributed by atoms with E-state index >= 15 is 0 Å². The first kappa shape index (κ1) is 17.3. The number of ether oxygens (including phenoxy) is 1. The summed E-state index contributed by atoms with van der Waals surface area (Å²) in [6, 6.07) is 4.95. The minimum atomic E-state index is -1.12. The molecule has 2 rings (SSSR count). The number of amides is 1. The average molecular weight is 350 g/mol. The van der Waals surface area contributed by atoms with Crippen LogP contribution in [0.25, 0.3) is 0 Å². The van der Waals surface area contributed by atoms with Crippen molar-refractivity contribution in [3.05, 3.63) is 33.8 Å². The van der Waals surface area contributed by atoms with Gasteiger partial charge in [-0.05, 0) is 17.7 Å². The lowest BCUT2D eigenvalue weighted by Gasteiger charge is -2.29. The monoisotopic (exact) mass is 349 g/mol. The molecule has 1 aliphatic heterocycles. The van der Waals surface area contributed by atoms with E-state index in [1.54, 1.807) is 18.2 Å². The number of nitrogens with zero attached hydrogens (tertiary/aromatic N) is 1. The van der Waals surface area contributed by atoms with E-state index in [2.05, 4.69) is 0 Å². The molecule has 0 spiro atoms. The highest BCUT2D eigenvalue weighted by atomic mass is 35.5. The number of benzene rings is 1. The minimum absolute atomic E-state index is 0.134. The van der Waals surface area contributed by atoms with Gasteiger partial charge < -0.3 is 25.0 Å². The molecule has 0 unspecified atom stereocenters. The number of hydrogen-bond donors (Lipinski definition) is 3. The van der Waals surface area contributed by atoms with E-state index in [0.717, 1.165) is 0 Å². The second-order valence-electron chi connectivity index (χ2n) is 5.09. The Labute approximate surface area is 137 Å². The predicted octanol–water partition coefficient (Wildman–Crippen LogP) is 1.81. The first-order valence-corrected chi connectivity index (χ1v) is 7.53. The molecule has 1 aliphatic rings. The van der Waals surface area contributed by atoms with E-state index in [-0.39, 0.29) is 19.7 Å². The van der Waals surface area contributed by atoms with Crippen LogP contribution in [-0.4, -0.2) is 64.8 Å². The third kappa shape index (κ3) is 3.83. The largest absolute Gasteiger partial charge is 0.465 e. The van der Waals surface area contributed by atoms with Crippen molar-refractivity contribution in [3.63, 3.8) is 0 Å². The molecule has 6 nitrogen and oxygen atoms in total. The fraction of sp³-hybridized carbons (Fsp3) is 0.500. The van der Waals surface area contributed by atoms with Crippen molar-refractivity contribution in [3.8, 4) is 0 Å². The molecule has 22 heavy (non-hydrogen) atoms. The van der Waals surface area contributed by atoms with Gasteiger partial charge in [0.05, 0.1) is 29.4 Å². The van der Waals surface area contributed by atoms with E-state index in [1.807, 2.05) is 0 Å². The van der Waals surface area contributed by atoms with Crippen molar-refractivity contribution in [1.29, 1.82) is 0 Å². The first-order valence-electron chi connectivity index (χ1n) is 6.77. The zero-order valence-corrected chi connectivity index (χ0v) is 13.2. The Kier molecular flexibility index (Phi) is 5.88. The zero-order chi connectivity index (χ0) is 16.3. The van der Waals surface area contributed by atoms with Crippen molar-refractivity contribution >= 4 is 29.3 Å². The molecule has 0 saturated carbocycles. The maximum atomic E-state index is 11.3. The van der Waals surface area contributed by atoms with Crippen molar-refractivity contribution in [1.82, 2.24) is 4.90 Å². The van der Waals surface area contributed by atoms with Gasteiger partial charge in [-0.25, -0.2) is 4.79 Å². The van der Waals surface area contributed by atoms with Gasteiger partial charge >= 0.3 is 6.09 Å². The Bertz CT molecular complexity index is 542. The van der Waals surface area contributed by atoms with Crippen LogP contribution in [0, 0.1) is 0 Å². The van der Waals surface area contributed by atoms with Crippen LogP contribution in [-0.2, 0) is 4.74 Å². The van der Waals surface area contributed by atoms with Crippen LogP contribution in [0.5, 0.6) is 0 Å². The highest BCUT2D eigenvalue weighted by Crippen LogP contribution is 2.32. The zero-order valence-electron chi connectivity index (χ0n) is 11.7. The molecule has 122 valence electrons. The Morgan fingerprint density at radius 1 is 1.41 bits per heavy atom. The van der Waals surface area contributed by atoms with Crippen LogP contribution in [0.3, 0.4) is 0 Å². The molecular weight excluding hydrogens is 333 g/mol. The summed E-state index contributed by atoms with van der Waals surface area (Å²) in [5, 5.41) is 29.1. The summed E-state index contributed by atoms with van der Waals surface area (Å²) in [6.45, 7) is -0.00175. The topological polar surface area (TPSA) is 90.2 Å². The van der Waals surface area contributed by atoms with Gasteiger partial charge in [0, 0.05) is 19.0 Å². The molecule has 8 heteroatoms. The van der Waals surface area contributed by atoms with E-state index in [4.69, 9.17) is 27.9 Å². The van der Waals surface area contributed by atoms with Crippen LogP contribution in [0.1, 0.15) is 11.5 Å². The highest BCUT2D eigenvalue weighted by Gasteiger charge is 2.35. The third-order valence-electron chi connectivity index (χ3n) is 3.69. The number of aliphatic hydroxyl groups excluding tert-OH is 2. The fourth-order valence-electron chi connectivity index (χ4n) is 2.54. The summed E-state index contributed by atoms with van der Waals surface area (Å²) < 4.78 is 5.58. The van der Waals surface area contributed by atoms with E-state index < -0.39 is 30.8 Å². The summed E-state index contributed by atoms with van der Waals surface area (Å²) in [7, 11) is 0. The van der Waals surface area contributed by atoms with Crippen molar-refractivity contribution in [2.45, 2.75) is 18.1 Å². The van der Waals surface area contributed by atoms with Gasteiger partial charge in [-0.1, -0.05) is 29.3 Å². The van der Waals surface area contributed by atoms with Gasteiger partial charge in [0.2, 0.25) is 0 Å². The smallest absolute Gasteiger partial charge is 0.407 e. The quantitative estimate of drug-likeness (QED) is 0.774. The van der Waals surface area contributed by atoms with E-state index in [9.17, 15) is 20.1 Å². The number of carbonyl (C=O) groups is 1.